The van der Waals surface area contributed by atoms with Crippen molar-refractivity contribution in [1.29, 1.82) is 5.26 Å². The molecular weight excluding hydrogens is 506 g/mol. The summed E-state index contributed by atoms with van der Waals surface area (Å²) in [5.74, 6) is -0.0560. The summed E-state index contributed by atoms with van der Waals surface area (Å²) in [5.41, 5.74) is 5.20. The van der Waals surface area contributed by atoms with Gasteiger partial charge in [-0.2, -0.15) is 5.26 Å². The highest BCUT2D eigenvalue weighted by Gasteiger charge is 2.39. The number of morpholine rings is 1. The van der Waals surface area contributed by atoms with Gasteiger partial charge in [0.2, 0.25) is 6.17 Å². The summed E-state index contributed by atoms with van der Waals surface area (Å²) in [4.78, 5) is 20.3. The maximum atomic E-state index is 13.2. The number of carbonyl (C=O) groups excluding carboxylic acids is 1. The Bertz CT molecular complexity index is 1640. The molecule has 2 N–H and O–H groups in total. The first-order valence-electron chi connectivity index (χ1n) is 13.2. The fourth-order valence-electron chi connectivity index (χ4n) is 5.71. The molecular formula is C30H25N7O3. The molecule has 3 aliphatic heterocycles. The molecule has 3 aliphatic rings. The molecule has 2 unspecified atom stereocenters. The summed E-state index contributed by atoms with van der Waals surface area (Å²) in [5, 5.41) is 24.0. The van der Waals surface area contributed by atoms with Crippen LogP contribution >= 0.6 is 0 Å². The van der Waals surface area contributed by atoms with Crippen LogP contribution in [0.15, 0.2) is 82.2 Å². The van der Waals surface area contributed by atoms with E-state index in [1.165, 1.54) is 0 Å². The number of ether oxygens (including phenoxy) is 1. The van der Waals surface area contributed by atoms with Crippen LogP contribution in [-0.2, 0) is 9.53 Å². The van der Waals surface area contributed by atoms with Gasteiger partial charge in [-0.15, -0.1) is 5.10 Å². The molecule has 4 aromatic rings. The van der Waals surface area contributed by atoms with Crippen molar-refractivity contribution in [2.45, 2.75) is 31.1 Å². The van der Waals surface area contributed by atoms with E-state index in [4.69, 9.17) is 14.1 Å². The monoisotopic (exact) mass is 531 g/mol. The second-order valence-corrected chi connectivity index (χ2v) is 10.0. The van der Waals surface area contributed by atoms with Gasteiger partial charge in [0.1, 0.15) is 0 Å². The molecule has 7 rings (SSSR count). The molecule has 0 spiro atoms. The summed E-state index contributed by atoms with van der Waals surface area (Å²) >= 11 is 0. The number of nitrogens with zero attached hydrogens (tertiary/aromatic N) is 5. The van der Waals surface area contributed by atoms with Gasteiger partial charge in [0, 0.05) is 11.1 Å². The van der Waals surface area contributed by atoms with E-state index in [0.717, 1.165) is 35.2 Å². The summed E-state index contributed by atoms with van der Waals surface area (Å²) in [6.45, 7) is 1.29. The van der Waals surface area contributed by atoms with Crippen molar-refractivity contribution >= 4 is 29.0 Å². The van der Waals surface area contributed by atoms with E-state index in [2.05, 4.69) is 31.8 Å². The van der Waals surface area contributed by atoms with Gasteiger partial charge in [0.05, 0.1) is 59.6 Å². The third-order valence-electron chi connectivity index (χ3n) is 7.55. The molecule has 2 fully saturated rings. The number of amides is 1. The highest BCUT2D eigenvalue weighted by atomic mass is 16.5. The van der Waals surface area contributed by atoms with E-state index in [0.29, 0.717) is 30.2 Å². The second-order valence-electron chi connectivity index (χ2n) is 10.0. The Labute approximate surface area is 230 Å². The normalized spacial score (nSPS) is 21.6. The number of carbonyl (C=O) groups is 1. The van der Waals surface area contributed by atoms with E-state index < -0.39 is 6.17 Å². The van der Waals surface area contributed by atoms with Gasteiger partial charge in [0.15, 0.2) is 0 Å². The van der Waals surface area contributed by atoms with Crippen LogP contribution < -0.4 is 15.5 Å². The summed E-state index contributed by atoms with van der Waals surface area (Å²) in [7, 11) is 0. The van der Waals surface area contributed by atoms with Gasteiger partial charge in [-0.3, -0.25) is 4.79 Å². The molecule has 1 aromatic heterocycles. The fourth-order valence-corrected chi connectivity index (χ4v) is 5.71. The van der Waals surface area contributed by atoms with Gasteiger partial charge in [-0.05, 0) is 37.1 Å². The van der Waals surface area contributed by atoms with Gasteiger partial charge >= 0.3 is 6.01 Å². The van der Waals surface area contributed by atoms with Crippen LogP contribution in [0.1, 0.15) is 29.5 Å². The van der Waals surface area contributed by atoms with Crippen LogP contribution in [0.4, 0.5) is 17.4 Å². The molecule has 0 radical (unpaired) electrons. The Kier molecular flexibility index (Phi) is 5.98. The average Bonchev–Trinajstić information content (AvgIpc) is 3.51. The number of anilines is 3. The second kappa shape index (κ2) is 9.94. The SMILES string of the molecule is N#Cc1ccc(-c2nnc(N[C@H]3N=C(c4ccccc4)c4ccccc4NC3=O)o2)c(N2C3CCC2COC3)c1. The molecule has 0 saturated carbocycles. The minimum Gasteiger partial charge on any atom is -0.403 e. The van der Waals surface area contributed by atoms with Crippen LogP contribution in [-0.4, -0.2) is 53.3 Å². The number of nitriles is 1. The fraction of sp³-hybridized carbons (Fsp3) is 0.233. The topological polar surface area (TPSA) is 129 Å². The number of benzene rings is 3. The smallest absolute Gasteiger partial charge is 0.317 e. The third-order valence-corrected chi connectivity index (χ3v) is 7.55. The van der Waals surface area contributed by atoms with Crippen molar-refractivity contribution in [2.75, 3.05) is 28.7 Å². The van der Waals surface area contributed by atoms with Gasteiger partial charge < -0.3 is 24.7 Å². The van der Waals surface area contributed by atoms with E-state index in [1.54, 1.807) is 6.07 Å². The molecule has 0 aliphatic carbocycles. The first-order valence-corrected chi connectivity index (χ1v) is 13.2. The molecule has 4 heterocycles. The lowest BCUT2D eigenvalue weighted by molar-refractivity contribution is -0.116. The van der Waals surface area contributed by atoms with Crippen molar-refractivity contribution in [3.63, 3.8) is 0 Å². The van der Waals surface area contributed by atoms with Crippen molar-refractivity contribution < 1.29 is 13.9 Å². The third kappa shape index (κ3) is 4.26. The first kappa shape index (κ1) is 24.1. The van der Waals surface area contributed by atoms with Gasteiger partial charge in [-0.1, -0.05) is 53.6 Å². The number of benzodiazepines with no additional fused rings is 1. The van der Waals surface area contributed by atoms with Crippen LogP contribution in [0.25, 0.3) is 11.5 Å². The zero-order chi connectivity index (χ0) is 27.1. The quantitative estimate of drug-likeness (QED) is 0.392. The molecule has 3 aromatic carbocycles. The lowest BCUT2D eigenvalue weighted by Gasteiger charge is -2.37. The minimum atomic E-state index is -1.01. The van der Waals surface area contributed by atoms with Crippen LogP contribution in [0.5, 0.6) is 0 Å². The van der Waals surface area contributed by atoms with E-state index in [9.17, 15) is 10.1 Å². The number of rotatable bonds is 5. The van der Waals surface area contributed by atoms with Crippen LogP contribution in [0, 0.1) is 11.3 Å². The zero-order valence-electron chi connectivity index (χ0n) is 21.4. The molecule has 3 atom stereocenters. The highest BCUT2D eigenvalue weighted by Crippen LogP contribution is 2.40. The Morgan fingerprint density at radius 3 is 2.52 bits per heavy atom. The van der Waals surface area contributed by atoms with Crippen molar-refractivity contribution in [3.8, 4) is 17.5 Å². The molecule has 2 bridgehead atoms. The largest absolute Gasteiger partial charge is 0.403 e. The molecule has 40 heavy (non-hydrogen) atoms. The summed E-state index contributed by atoms with van der Waals surface area (Å²) in [6, 6.07) is 25.5. The lowest BCUT2D eigenvalue weighted by atomic mass is 10.0. The number of hydrogen-bond donors (Lipinski definition) is 2. The molecule has 10 heteroatoms. The number of aromatic nitrogens is 2. The average molecular weight is 532 g/mol. The predicted molar refractivity (Wildman–Crippen MR) is 149 cm³/mol. The zero-order valence-corrected chi connectivity index (χ0v) is 21.4. The van der Waals surface area contributed by atoms with Crippen molar-refractivity contribution in [2.24, 2.45) is 4.99 Å². The van der Waals surface area contributed by atoms with Crippen LogP contribution in [0.3, 0.4) is 0 Å². The van der Waals surface area contributed by atoms with Crippen molar-refractivity contribution in [3.05, 3.63) is 89.5 Å². The highest BCUT2D eigenvalue weighted by molar-refractivity contribution is 6.19. The summed E-state index contributed by atoms with van der Waals surface area (Å²) in [6.07, 6.45) is 1.04. The number of hydrogen-bond acceptors (Lipinski definition) is 9. The number of para-hydroxylation sites is 1. The molecule has 10 nitrogen and oxygen atoms in total. The minimum absolute atomic E-state index is 0.0672. The maximum Gasteiger partial charge on any atom is 0.317 e. The Hall–Kier alpha value is -5.01. The number of aliphatic imine (C=N–C) groups is 1. The Morgan fingerprint density at radius 1 is 0.950 bits per heavy atom. The molecule has 2 saturated heterocycles. The Morgan fingerprint density at radius 2 is 1.73 bits per heavy atom. The first-order chi connectivity index (χ1) is 19.7. The maximum absolute atomic E-state index is 13.2. The van der Waals surface area contributed by atoms with Gasteiger partial charge in [-0.25, -0.2) is 4.99 Å². The number of nitrogens with one attached hydrogen (secondary N) is 2. The van der Waals surface area contributed by atoms with Crippen molar-refractivity contribution in [1.82, 2.24) is 10.2 Å². The van der Waals surface area contributed by atoms with Crippen LogP contribution in [0.2, 0.25) is 0 Å². The number of fused-ring (bicyclic) bond motifs is 3. The predicted octanol–water partition coefficient (Wildman–Crippen LogP) is 4.20. The van der Waals surface area contributed by atoms with Gasteiger partial charge in [0.25, 0.3) is 11.8 Å². The van der Waals surface area contributed by atoms with E-state index in [1.807, 2.05) is 66.7 Å². The molecule has 1 amide bonds. The Balaban J connectivity index is 1.23. The van der Waals surface area contributed by atoms with E-state index >= 15 is 0 Å². The van der Waals surface area contributed by atoms with E-state index in [-0.39, 0.29) is 29.9 Å². The molecule has 198 valence electrons. The lowest BCUT2D eigenvalue weighted by Crippen LogP contribution is -2.46. The summed E-state index contributed by atoms with van der Waals surface area (Å²) < 4.78 is 11.8. The standard InChI is InChI=1S/C30H25N7O3/c31-15-18-10-13-23(25(14-18)37-20-11-12-21(37)17-39-16-20)29-35-36-30(40-29)34-27-28(38)32-24-9-5-4-8-22(24)26(33-27)19-6-2-1-3-7-19/h1-10,13-14,20-21,27H,11-12,16-17H2,(H,32,38)(H,34,36)/t20?,21?,27-/m1/s1.